The van der Waals surface area contributed by atoms with Crippen LogP contribution in [0.5, 0.6) is 11.5 Å². The van der Waals surface area contributed by atoms with Gasteiger partial charge >= 0.3 is 11.9 Å². The van der Waals surface area contributed by atoms with E-state index in [4.69, 9.17) is 34.0 Å². The summed E-state index contributed by atoms with van der Waals surface area (Å²) in [4.78, 5) is 32.8. The molecule has 2 aromatic rings. The van der Waals surface area contributed by atoms with Crippen LogP contribution in [-0.4, -0.2) is 66.0 Å². The Kier molecular flexibility index (Phi) is 9.88. The van der Waals surface area contributed by atoms with Crippen LogP contribution in [0, 0.1) is 5.92 Å². The molecule has 35 heavy (non-hydrogen) atoms. The van der Waals surface area contributed by atoms with E-state index in [1.165, 1.54) is 5.56 Å². The molecule has 0 radical (unpaired) electrons. The van der Waals surface area contributed by atoms with Gasteiger partial charge in [-0.05, 0) is 48.6 Å². The Bertz CT molecular complexity index is 986. The van der Waals surface area contributed by atoms with Crippen LogP contribution in [0.2, 0.25) is 0 Å². The van der Waals surface area contributed by atoms with E-state index in [1.54, 1.807) is 0 Å². The molecule has 2 aliphatic rings. The molecule has 1 unspecified atom stereocenters. The van der Waals surface area contributed by atoms with Crippen molar-refractivity contribution in [2.75, 3.05) is 33.0 Å². The summed E-state index contributed by atoms with van der Waals surface area (Å²) in [5.41, 5.74) is 2.21. The Hall–Kier alpha value is -3.63. The summed E-state index contributed by atoms with van der Waals surface area (Å²) < 4.78 is 16.6. The van der Waals surface area contributed by atoms with Gasteiger partial charge in [0.15, 0.2) is 11.5 Å². The number of ether oxygens (including phenoxy) is 3. The molecule has 0 aliphatic carbocycles. The zero-order chi connectivity index (χ0) is 25.0. The predicted molar refractivity (Wildman–Crippen MR) is 125 cm³/mol. The molecule has 1 fully saturated rings. The number of hydrogen-bond acceptors (Lipinski definition) is 7. The number of benzene rings is 2. The average Bonchev–Trinajstić information content (AvgIpc) is 3.32. The number of nitrogens with one attached hydrogen (secondary N) is 1. The first kappa shape index (κ1) is 26.0. The van der Waals surface area contributed by atoms with Crippen LogP contribution in [-0.2, 0) is 32.3 Å². The van der Waals surface area contributed by atoms with Gasteiger partial charge < -0.3 is 29.7 Å². The molecule has 2 heterocycles. The number of carbonyl (C=O) groups is 3. The van der Waals surface area contributed by atoms with Crippen LogP contribution in [0.25, 0.3) is 0 Å². The van der Waals surface area contributed by atoms with E-state index in [0.29, 0.717) is 25.6 Å². The first-order chi connectivity index (χ1) is 16.9. The number of likely N-dealkylation sites (tertiary alicyclic amines) is 1. The highest BCUT2D eigenvalue weighted by molar-refractivity contribution is 6.27. The lowest BCUT2D eigenvalue weighted by molar-refractivity contribution is -0.159. The second-order valence-electron chi connectivity index (χ2n) is 8.32. The Morgan fingerprint density at radius 3 is 2.49 bits per heavy atom. The normalized spacial score (nSPS) is 16.6. The van der Waals surface area contributed by atoms with Gasteiger partial charge in [-0.2, -0.15) is 0 Å². The van der Waals surface area contributed by atoms with E-state index < -0.39 is 11.9 Å². The number of hydrogen-bond donors (Lipinski definition) is 3. The molecule has 3 N–H and O–H groups in total. The van der Waals surface area contributed by atoms with Crippen LogP contribution in [0.15, 0.2) is 48.5 Å². The van der Waals surface area contributed by atoms with Crippen LogP contribution in [0.4, 0.5) is 0 Å². The Balaban J connectivity index is 0.000000509. The lowest BCUT2D eigenvalue weighted by atomic mass is 9.99. The van der Waals surface area contributed by atoms with E-state index in [0.717, 1.165) is 49.6 Å². The number of nitrogens with zero attached hydrogens (tertiary/aromatic N) is 1. The van der Waals surface area contributed by atoms with Crippen LogP contribution < -0.4 is 14.8 Å². The second kappa shape index (κ2) is 13.3. The number of carboxylic acid groups (broad SMARTS) is 2. The third kappa shape index (κ3) is 8.91. The molecule has 0 bridgehead atoms. The van der Waals surface area contributed by atoms with Crippen molar-refractivity contribution in [2.45, 2.75) is 26.0 Å². The fraction of sp³-hybridized carbons (Fsp3) is 0.400. The number of aliphatic carboxylic acids is 2. The molecule has 1 amide bonds. The highest BCUT2D eigenvalue weighted by Gasteiger charge is 2.22. The lowest BCUT2D eigenvalue weighted by Gasteiger charge is -2.32. The average molecular weight is 487 g/mol. The zero-order valence-corrected chi connectivity index (χ0v) is 19.4. The van der Waals surface area contributed by atoms with Crippen LogP contribution in [0.1, 0.15) is 24.0 Å². The van der Waals surface area contributed by atoms with Gasteiger partial charge in [0.2, 0.25) is 12.7 Å². The third-order valence-electron chi connectivity index (χ3n) is 5.55. The molecule has 0 spiro atoms. The smallest absolute Gasteiger partial charge is 0.414 e. The van der Waals surface area contributed by atoms with E-state index >= 15 is 0 Å². The molecular formula is C25H30N2O8. The van der Waals surface area contributed by atoms with Gasteiger partial charge in [-0.1, -0.05) is 36.4 Å². The summed E-state index contributed by atoms with van der Waals surface area (Å²) in [5.74, 6) is -1.62. The lowest BCUT2D eigenvalue weighted by Crippen LogP contribution is -2.43. The van der Waals surface area contributed by atoms with Gasteiger partial charge in [-0.15, -0.1) is 0 Å². The minimum absolute atomic E-state index is 0.0496. The SMILES string of the molecule is O=C(CN1CCCC(COCc2ccccc2)C1)NCc1ccc2c(c1)OCO2.O=C(O)C(=O)O. The maximum atomic E-state index is 12.4. The molecule has 2 aliphatic heterocycles. The van der Waals surface area contributed by atoms with E-state index in [1.807, 2.05) is 36.4 Å². The molecule has 4 rings (SSSR count). The first-order valence-corrected chi connectivity index (χ1v) is 11.4. The third-order valence-corrected chi connectivity index (χ3v) is 5.55. The van der Waals surface area contributed by atoms with Crippen molar-refractivity contribution in [3.8, 4) is 11.5 Å². The fourth-order valence-electron chi connectivity index (χ4n) is 3.86. The van der Waals surface area contributed by atoms with Gasteiger partial charge in [0.1, 0.15) is 0 Å². The summed E-state index contributed by atoms with van der Waals surface area (Å²) in [6.07, 6.45) is 2.26. The van der Waals surface area contributed by atoms with Crippen molar-refractivity contribution in [1.29, 1.82) is 0 Å². The first-order valence-electron chi connectivity index (χ1n) is 11.4. The number of carboxylic acids is 2. The summed E-state index contributed by atoms with van der Waals surface area (Å²) in [5, 5.41) is 17.8. The fourth-order valence-corrected chi connectivity index (χ4v) is 3.86. The summed E-state index contributed by atoms with van der Waals surface area (Å²) in [6.45, 7) is 4.44. The molecule has 0 saturated carbocycles. The van der Waals surface area contributed by atoms with Gasteiger partial charge in [0.25, 0.3) is 0 Å². The Morgan fingerprint density at radius 1 is 1.00 bits per heavy atom. The molecule has 1 atom stereocenters. The van der Waals surface area contributed by atoms with Crippen molar-refractivity contribution in [1.82, 2.24) is 10.2 Å². The van der Waals surface area contributed by atoms with Crippen molar-refractivity contribution in [2.24, 2.45) is 5.92 Å². The Morgan fingerprint density at radius 2 is 1.74 bits per heavy atom. The molecular weight excluding hydrogens is 456 g/mol. The van der Waals surface area contributed by atoms with E-state index in [9.17, 15) is 4.79 Å². The Labute approximate surface area is 203 Å². The highest BCUT2D eigenvalue weighted by atomic mass is 16.7. The van der Waals surface area contributed by atoms with Gasteiger partial charge in [-0.25, -0.2) is 9.59 Å². The largest absolute Gasteiger partial charge is 0.473 e. The van der Waals surface area contributed by atoms with Gasteiger partial charge in [0, 0.05) is 13.1 Å². The number of fused-ring (bicyclic) bond motifs is 1. The van der Waals surface area contributed by atoms with Crippen LogP contribution >= 0.6 is 0 Å². The van der Waals surface area contributed by atoms with Crippen LogP contribution in [0.3, 0.4) is 0 Å². The second-order valence-corrected chi connectivity index (χ2v) is 8.32. The van der Waals surface area contributed by atoms with Crippen molar-refractivity contribution >= 4 is 17.8 Å². The minimum atomic E-state index is -1.82. The van der Waals surface area contributed by atoms with E-state index in [2.05, 4.69) is 22.3 Å². The topological polar surface area (TPSA) is 135 Å². The number of carbonyl (C=O) groups excluding carboxylic acids is 1. The molecule has 1 saturated heterocycles. The maximum absolute atomic E-state index is 12.4. The number of rotatable bonds is 8. The van der Waals surface area contributed by atoms with Gasteiger partial charge in [-0.3, -0.25) is 9.69 Å². The van der Waals surface area contributed by atoms with Gasteiger partial charge in [0.05, 0.1) is 19.8 Å². The van der Waals surface area contributed by atoms with Crippen molar-refractivity contribution in [3.05, 3.63) is 59.7 Å². The summed E-state index contributed by atoms with van der Waals surface area (Å²) in [7, 11) is 0. The molecule has 0 aromatic heterocycles. The quantitative estimate of drug-likeness (QED) is 0.480. The maximum Gasteiger partial charge on any atom is 0.414 e. The molecule has 10 nitrogen and oxygen atoms in total. The van der Waals surface area contributed by atoms with Crippen molar-refractivity contribution < 1.29 is 38.8 Å². The zero-order valence-electron chi connectivity index (χ0n) is 19.4. The molecule has 10 heteroatoms. The molecule has 2 aromatic carbocycles. The minimum Gasteiger partial charge on any atom is -0.473 e. The molecule has 188 valence electrons. The highest BCUT2D eigenvalue weighted by Crippen LogP contribution is 2.32. The summed E-state index contributed by atoms with van der Waals surface area (Å²) in [6, 6.07) is 16.0. The van der Waals surface area contributed by atoms with Crippen molar-refractivity contribution in [3.63, 3.8) is 0 Å². The summed E-state index contributed by atoms with van der Waals surface area (Å²) >= 11 is 0. The number of piperidine rings is 1. The van der Waals surface area contributed by atoms with E-state index in [-0.39, 0.29) is 12.7 Å². The monoisotopic (exact) mass is 486 g/mol. The standard InChI is InChI=1S/C23H28N2O4.C2H2O4/c26-23(24-12-19-8-9-21-22(11-19)29-17-28-21)14-25-10-4-7-20(13-25)16-27-15-18-5-2-1-3-6-18;3-1(4)2(5)6/h1-3,5-6,8-9,11,20H,4,7,10,12-17H2,(H,24,26);(H,3,4)(H,5,6). The number of amides is 1. The predicted octanol–water partition coefficient (Wildman–Crippen LogP) is 2.12.